The SMILES string of the molecule is CC(CCO)(CCO)NCCCCO. The smallest absolute Gasteiger partial charge is 0.0448 e. The summed E-state index contributed by atoms with van der Waals surface area (Å²) in [5.41, 5.74) is -0.182. The Morgan fingerprint density at radius 1 is 0.929 bits per heavy atom. The van der Waals surface area contributed by atoms with E-state index in [0.29, 0.717) is 12.8 Å². The van der Waals surface area contributed by atoms with Crippen LogP contribution in [0.5, 0.6) is 0 Å². The normalized spacial score (nSPS) is 12.0. The molecule has 0 amide bonds. The maximum absolute atomic E-state index is 8.87. The molecular formula is C10H23NO3. The Hall–Kier alpha value is -0.160. The van der Waals surface area contributed by atoms with Gasteiger partial charge in [0.15, 0.2) is 0 Å². The first kappa shape index (κ1) is 13.8. The minimum absolute atomic E-state index is 0.128. The molecule has 0 radical (unpaired) electrons. The third-order valence-electron chi connectivity index (χ3n) is 2.46. The van der Waals surface area contributed by atoms with Gasteiger partial charge in [-0.3, -0.25) is 0 Å². The molecule has 0 aliphatic rings. The fraction of sp³-hybridized carbons (Fsp3) is 1.00. The molecule has 0 aromatic heterocycles. The molecule has 0 fully saturated rings. The second kappa shape index (κ2) is 8.17. The van der Waals surface area contributed by atoms with Gasteiger partial charge in [-0.15, -0.1) is 0 Å². The molecule has 0 unspecified atom stereocenters. The fourth-order valence-corrected chi connectivity index (χ4v) is 1.42. The lowest BCUT2D eigenvalue weighted by atomic mass is 9.94. The summed E-state index contributed by atoms with van der Waals surface area (Å²) >= 11 is 0. The largest absolute Gasteiger partial charge is 0.396 e. The second-order valence-corrected chi connectivity index (χ2v) is 3.87. The Labute approximate surface area is 86.0 Å². The molecule has 0 aliphatic heterocycles. The van der Waals surface area contributed by atoms with E-state index in [1.54, 1.807) is 0 Å². The summed E-state index contributed by atoms with van der Waals surface area (Å²) in [6.45, 7) is 3.29. The van der Waals surface area contributed by atoms with Gasteiger partial charge in [0.2, 0.25) is 0 Å². The van der Waals surface area contributed by atoms with Gasteiger partial charge >= 0.3 is 0 Å². The number of hydrogen-bond donors (Lipinski definition) is 4. The van der Waals surface area contributed by atoms with Gasteiger partial charge in [-0.25, -0.2) is 0 Å². The predicted molar refractivity (Wildman–Crippen MR) is 56.1 cm³/mol. The summed E-state index contributed by atoms with van der Waals surface area (Å²) in [7, 11) is 0. The predicted octanol–water partition coefficient (Wildman–Crippen LogP) is -0.128. The lowest BCUT2D eigenvalue weighted by molar-refractivity contribution is 0.174. The zero-order valence-electron chi connectivity index (χ0n) is 9.00. The van der Waals surface area contributed by atoms with E-state index in [-0.39, 0.29) is 25.4 Å². The summed E-state index contributed by atoms with van der Waals surface area (Å²) < 4.78 is 0. The summed E-state index contributed by atoms with van der Waals surface area (Å²) in [6, 6.07) is 0. The maximum Gasteiger partial charge on any atom is 0.0448 e. The summed E-state index contributed by atoms with van der Waals surface area (Å²) in [5, 5.41) is 29.6. The Morgan fingerprint density at radius 2 is 1.50 bits per heavy atom. The van der Waals surface area contributed by atoms with Crippen LogP contribution in [0.25, 0.3) is 0 Å². The van der Waals surface area contributed by atoms with Crippen molar-refractivity contribution in [2.24, 2.45) is 0 Å². The van der Waals surface area contributed by atoms with Gasteiger partial charge < -0.3 is 20.6 Å². The first-order valence-corrected chi connectivity index (χ1v) is 5.26. The Kier molecular flexibility index (Phi) is 8.08. The van der Waals surface area contributed by atoms with Crippen molar-refractivity contribution in [3.63, 3.8) is 0 Å². The molecule has 0 aromatic carbocycles. The van der Waals surface area contributed by atoms with E-state index < -0.39 is 0 Å². The highest BCUT2D eigenvalue weighted by molar-refractivity contribution is 4.82. The summed E-state index contributed by atoms with van der Waals surface area (Å²) in [6.07, 6.45) is 3.00. The van der Waals surface area contributed by atoms with Crippen LogP contribution >= 0.6 is 0 Å². The molecule has 4 N–H and O–H groups in total. The molecule has 0 saturated heterocycles. The molecule has 4 nitrogen and oxygen atoms in total. The van der Waals surface area contributed by atoms with E-state index in [1.165, 1.54) is 0 Å². The molecule has 0 heterocycles. The van der Waals surface area contributed by atoms with E-state index >= 15 is 0 Å². The van der Waals surface area contributed by atoms with Gasteiger partial charge in [-0.2, -0.15) is 0 Å². The molecule has 4 heteroatoms. The fourth-order valence-electron chi connectivity index (χ4n) is 1.42. The van der Waals surface area contributed by atoms with Crippen LogP contribution in [-0.2, 0) is 0 Å². The van der Waals surface area contributed by atoms with Gasteiger partial charge in [0, 0.05) is 25.4 Å². The molecule has 86 valence electrons. The molecule has 0 rings (SSSR count). The highest BCUT2D eigenvalue weighted by Gasteiger charge is 2.21. The Morgan fingerprint density at radius 3 is 1.93 bits per heavy atom. The minimum Gasteiger partial charge on any atom is -0.396 e. The average molecular weight is 205 g/mol. The van der Waals surface area contributed by atoms with Crippen molar-refractivity contribution in [3.05, 3.63) is 0 Å². The van der Waals surface area contributed by atoms with Crippen LogP contribution in [0.3, 0.4) is 0 Å². The molecular weight excluding hydrogens is 182 g/mol. The van der Waals surface area contributed by atoms with Crippen molar-refractivity contribution < 1.29 is 15.3 Å². The van der Waals surface area contributed by atoms with Crippen molar-refractivity contribution in [2.45, 2.75) is 38.1 Å². The van der Waals surface area contributed by atoms with E-state index in [1.807, 2.05) is 6.92 Å². The minimum atomic E-state index is -0.182. The second-order valence-electron chi connectivity index (χ2n) is 3.87. The van der Waals surface area contributed by atoms with E-state index in [4.69, 9.17) is 15.3 Å². The van der Waals surface area contributed by atoms with Crippen molar-refractivity contribution in [3.8, 4) is 0 Å². The summed E-state index contributed by atoms with van der Waals surface area (Å²) in [4.78, 5) is 0. The topological polar surface area (TPSA) is 72.7 Å². The van der Waals surface area contributed by atoms with Gasteiger partial charge in [-0.05, 0) is 39.2 Å². The zero-order chi connectivity index (χ0) is 10.9. The van der Waals surface area contributed by atoms with Gasteiger partial charge in [-0.1, -0.05) is 0 Å². The third-order valence-corrected chi connectivity index (χ3v) is 2.46. The molecule has 0 spiro atoms. The molecule has 14 heavy (non-hydrogen) atoms. The highest BCUT2D eigenvalue weighted by Crippen LogP contribution is 2.13. The molecule has 0 aliphatic carbocycles. The molecule has 0 aromatic rings. The standard InChI is InChI=1S/C10H23NO3/c1-10(4-8-13,5-9-14)11-6-2-3-7-12/h11-14H,2-9H2,1H3. The van der Waals surface area contributed by atoms with Crippen molar-refractivity contribution in [2.75, 3.05) is 26.4 Å². The average Bonchev–Trinajstić information content (AvgIpc) is 2.13. The van der Waals surface area contributed by atoms with Crippen LogP contribution in [0, 0.1) is 0 Å². The lowest BCUT2D eigenvalue weighted by Crippen LogP contribution is -2.44. The highest BCUT2D eigenvalue weighted by atomic mass is 16.3. The number of rotatable bonds is 9. The first-order valence-electron chi connectivity index (χ1n) is 5.26. The van der Waals surface area contributed by atoms with Gasteiger partial charge in [0.1, 0.15) is 0 Å². The number of aliphatic hydroxyl groups is 3. The Bertz CT molecular complexity index is 125. The molecule has 0 bridgehead atoms. The van der Waals surface area contributed by atoms with Crippen LogP contribution in [0.4, 0.5) is 0 Å². The molecule has 0 saturated carbocycles. The monoisotopic (exact) mass is 205 g/mol. The van der Waals surface area contributed by atoms with Crippen LogP contribution in [0.15, 0.2) is 0 Å². The van der Waals surface area contributed by atoms with Crippen LogP contribution in [0.2, 0.25) is 0 Å². The number of aliphatic hydroxyl groups excluding tert-OH is 3. The third kappa shape index (κ3) is 6.32. The lowest BCUT2D eigenvalue weighted by Gasteiger charge is -2.29. The van der Waals surface area contributed by atoms with Crippen LogP contribution in [0.1, 0.15) is 32.6 Å². The number of unbranched alkanes of at least 4 members (excludes halogenated alkanes) is 1. The maximum atomic E-state index is 8.87. The quantitative estimate of drug-likeness (QED) is 0.396. The molecule has 0 atom stereocenters. The van der Waals surface area contributed by atoms with Crippen molar-refractivity contribution in [1.82, 2.24) is 5.32 Å². The Balaban J connectivity index is 3.71. The van der Waals surface area contributed by atoms with Crippen molar-refractivity contribution in [1.29, 1.82) is 0 Å². The van der Waals surface area contributed by atoms with E-state index in [0.717, 1.165) is 19.4 Å². The zero-order valence-corrected chi connectivity index (χ0v) is 9.00. The summed E-state index contributed by atoms with van der Waals surface area (Å²) in [5.74, 6) is 0. The van der Waals surface area contributed by atoms with E-state index in [9.17, 15) is 0 Å². The van der Waals surface area contributed by atoms with Gasteiger partial charge in [0.05, 0.1) is 0 Å². The number of nitrogens with one attached hydrogen (secondary N) is 1. The van der Waals surface area contributed by atoms with Crippen LogP contribution < -0.4 is 5.32 Å². The van der Waals surface area contributed by atoms with Crippen LogP contribution in [-0.4, -0.2) is 47.2 Å². The van der Waals surface area contributed by atoms with E-state index in [2.05, 4.69) is 5.32 Å². The first-order chi connectivity index (χ1) is 6.68. The van der Waals surface area contributed by atoms with Gasteiger partial charge in [0.25, 0.3) is 0 Å². The van der Waals surface area contributed by atoms with Crippen molar-refractivity contribution >= 4 is 0 Å². The number of hydrogen-bond acceptors (Lipinski definition) is 4.